The van der Waals surface area contributed by atoms with Crippen LogP contribution in [-0.2, 0) is 0 Å². The fraction of sp³-hybridized carbons (Fsp3) is 0.250. The molecule has 0 aliphatic heterocycles. The minimum Gasteiger partial charge on any atom is -0.387 e. The summed E-state index contributed by atoms with van der Waals surface area (Å²) in [6.45, 7) is 1.80. The normalized spacial score (nSPS) is 14.0. The van der Waals surface area contributed by atoms with Gasteiger partial charge in [0, 0.05) is 12.6 Å². The summed E-state index contributed by atoms with van der Waals surface area (Å²) in [7, 11) is 0. The fourth-order valence-electron chi connectivity index (χ4n) is 2.09. The largest absolute Gasteiger partial charge is 0.387 e. The summed E-state index contributed by atoms with van der Waals surface area (Å²) >= 11 is 0. The van der Waals surface area contributed by atoms with Gasteiger partial charge in [0.2, 0.25) is 0 Å². The van der Waals surface area contributed by atoms with Gasteiger partial charge in [-0.3, -0.25) is 0 Å². The lowest BCUT2D eigenvalue weighted by Gasteiger charge is -2.18. The molecule has 0 radical (unpaired) electrons. The lowest BCUT2D eigenvalue weighted by Crippen LogP contribution is -2.25. The Morgan fingerprint density at radius 1 is 1.00 bits per heavy atom. The van der Waals surface area contributed by atoms with Crippen molar-refractivity contribution in [3.05, 3.63) is 71.0 Å². The molecule has 0 fully saturated rings. The van der Waals surface area contributed by atoms with E-state index in [1.165, 1.54) is 18.2 Å². The summed E-state index contributed by atoms with van der Waals surface area (Å²) in [4.78, 5) is 0. The van der Waals surface area contributed by atoms with E-state index in [9.17, 15) is 18.3 Å². The predicted octanol–water partition coefficient (Wildman–Crippen LogP) is 3.49. The van der Waals surface area contributed by atoms with Crippen molar-refractivity contribution in [2.24, 2.45) is 0 Å². The first kappa shape index (κ1) is 15.5. The molecule has 112 valence electrons. The average Bonchev–Trinajstić information content (AvgIpc) is 2.45. The van der Waals surface area contributed by atoms with Gasteiger partial charge in [-0.15, -0.1) is 0 Å². The molecule has 0 aliphatic carbocycles. The first-order valence-corrected chi connectivity index (χ1v) is 6.60. The molecule has 0 spiro atoms. The zero-order valence-electron chi connectivity index (χ0n) is 11.5. The average molecular weight is 295 g/mol. The van der Waals surface area contributed by atoms with Gasteiger partial charge in [-0.1, -0.05) is 18.2 Å². The van der Waals surface area contributed by atoms with Crippen LogP contribution >= 0.6 is 0 Å². The maximum Gasteiger partial charge on any atom is 0.131 e. The molecule has 2 aromatic carbocycles. The quantitative estimate of drug-likeness (QED) is 0.885. The topological polar surface area (TPSA) is 32.3 Å². The molecule has 0 aromatic heterocycles. The zero-order chi connectivity index (χ0) is 15.4. The van der Waals surface area contributed by atoms with E-state index in [1.807, 2.05) is 6.92 Å². The molecule has 2 nitrogen and oxygen atoms in total. The molecule has 21 heavy (non-hydrogen) atoms. The van der Waals surface area contributed by atoms with Gasteiger partial charge in [-0.25, -0.2) is 13.2 Å². The van der Waals surface area contributed by atoms with Crippen molar-refractivity contribution < 1.29 is 18.3 Å². The Hall–Kier alpha value is -1.85. The number of aliphatic hydroxyl groups is 1. The summed E-state index contributed by atoms with van der Waals surface area (Å²) in [5, 5.41) is 12.9. The molecule has 5 heteroatoms. The highest BCUT2D eigenvalue weighted by atomic mass is 19.1. The Labute approximate surface area is 121 Å². The molecule has 2 atom stereocenters. The Kier molecular flexibility index (Phi) is 4.98. The van der Waals surface area contributed by atoms with Crippen molar-refractivity contribution in [3.8, 4) is 0 Å². The van der Waals surface area contributed by atoms with Crippen molar-refractivity contribution >= 4 is 0 Å². The molecule has 2 N–H and O–H groups in total. The van der Waals surface area contributed by atoms with Crippen LogP contribution in [-0.4, -0.2) is 11.7 Å². The predicted molar refractivity (Wildman–Crippen MR) is 74.1 cm³/mol. The number of halogens is 3. The highest BCUT2D eigenvalue weighted by Crippen LogP contribution is 2.21. The van der Waals surface area contributed by atoms with E-state index in [1.54, 1.807) is 12.1 Å². The molecular weight excluding hydrogens is 279 g/mol. The lowest BCUT2D eigenvalue weighted by molar-refractivity contribution is 0.161. The van der Waals surface area contributed by atoms with E-state index in [-0.39, 0.29) is 24.0 Å². The van der Waals surface area contributed by atoms with Crippen LogP contribution in [0.3, 0.4) is 0 Å². The van der Waals surface area contributed by atoms with Crippen molar-refractivity contribution in [2.45, 2.75) is 19.1 Å². The molecule has 2 rings (SSSR count). The highest BCUT2D eigenvalue weighted by molar-refractivity contribution is 5.23. The number of aliphatic hydroxyl groups excluding tert-OH is 1. The second-order valence-electron chi connectivity index (χ2n) is 4.83. The van der Waals surface area contributed by atoms with Crippen LogP contribution in [0.4, 0.5) is 13.2 Å². The Balaban J connectivity index is 2.00. The number of nitrogens with one attached hydrogen (secondary N) is 1. The minimum absolute atomic E-state index is 0.0175. The maximum absolute atomic E-state index is 13.5. The van der Waals surface area contributed by atoms with Crippen LogP contribution < -0.4 is 5.32 Å². The molecule has 0 aliphatic rings. The lowest BCUT2D eigenvalue weighted by atomic mass is 10.1. The van der Waals surface area contributed by atoms with Gasteiger partial charge in [-0.2, -0.15) is 0 Å². The van der Waals surface area contributed by atoms with Crippen LogP contribution in [0.15, 0.2) is 42.5 Å². The molecule has 1 unspecified atom stereocenters. The zero-order valence-corrected chi connectivity index (χ0v) is 11.5. The first-order chi connectivity index (χ1) is 9.99. The molecular formula is C16H16F3NO. The van der Waals surface area contributed by atoms with Crippen molar-refractivity contribution in [1.29, 1.82) is 0 Å². The summed E-state index contributed by atoms with van der Waals surface area (Å²) < 4.78 is 39.9. The van der Waals surface area contributed by atoms with Gasteiger partial charge < -0.3 is 10.4 Å². The van der Waals surface area contributed by atoms with Crippen LogP contribution in [0.1, 0.15) is 30.2 Å². The van der Waals surface area contributed by atoms with Crippen LogP contribution in [0, 0.1) is 17.5 Å². The van der Waals surface area contributed by atoms with E-state index in [4.69, 9.17) is 0 Å². The molecule has 2 aromatic rings. The third-order valence-corrected chi connectivity index (χ3v) is 3.32. The van der Waals surface area contributed by atoms with E-state index in [2.05, 4.69) is 5.32 Å². The molecule has 0 bridgehead atoms. The Morgan fingerprint density at radius 3 is 2.14 bits per heavy atom. The Morgan fingerprint density at radius 2 is 1.57 bits per heavy atom. The van der Waals surface area contributed by atoms with Crippen molar-refractivity contribution in [1.82, 2.24) is 5.32 Å². The minimum atomic E-state index is -1.30. The summed E-state index contributed by atoms with van der Waals surface area (Å²) in [6, 6.07) is 9.16. The van der Waals surface area contributed by atoms with Crippen molar-refractivity contribution in [2.75, 3.05) is 6.54 Å². The van der Waals surface area contributed by atoms with Gasteiger partial charge in [-0.05, 0) is 36.8 Å². The monoisotopic (exact) mass is 295 g/mol. The standard InChI is InChI=1S/C16H16F3NO/c1-10(11-5-7-12(17)8-6-11)20-9-15(21)16-13(18)3-2-4-14(16)19/h2-8,10,15,20-21H,9H2,1H3/t10-,15?/m1/s1. The van der Waals surface area contributed by atoms with Crippen LogP contribution in [0.5, 0.6) is 0 Å². The van der Waals surface area contributed by atoms with E-state index in [0.717, 1.165) is 17.7 Å². The molecule has 0 heterocycles. The summed E-state index contributed by atoms with van der Waals surface area (Å²) in [6.07, 6.45) is -1.30. The molecule has 0 amide bonds. The summed E-state index contributed by atoms with van der Waals surface area (Å²) in [5.41, 5.74) is 0.467. The third-order valence-electron chi connectivity index (χ3n) is 3.32. The number of benzene rings is 2. The van der Waals surface area contributed by atoms with Crippen molar-refractivity contribution in [3.63, 3.8) is 0 Å². The maximum atomic E-state index is 13.5. The SMILES string of the molecule is C[C@@H](NCC(O)c1c(F)cccc1F)c1ccc(F)cc1. The van der Waals surface area contributed by atoms with Gasteiger partial charge >= 0.3 is 0 Å². The smallest absolute Gasteiger partial charge is 0.131 e. The second kappa shape index (κ2) is 6.74. The van der Waals surface area contributed by atoms with E-state index >= 15 is 0 Å². The highest BCUT2D eigenvalue weighted by Gasteiger charge is 2.18. The first-order valence-electron chi connectivity index (χ1n) is 6.60. The Bertz CT molecular complexity index is 581. The van der Waals surface area contributed by atoms with Gasteiger partial charge in [0.25, 0.3) is 0 Å². The van der Waals surface area contributed by atoms with E-state index in [0.29, 0.717) is 0 Å². The van der Waals surface area contributed by atoms with Gasteiger partial charge in [0.15, 0.2) is 0 Å². The second-order valence-corrected chi connectivity index (χ2v) is 4.83. The van der Waals surface area contributed by atoms with Gasteiger partial charge in [0.1, 0.15) is 17.5 Å². The summed E-state index contributed by atoms with van der Waals surface area (Å²) in [5.74, 6) is -1.89. The number of rotatable bonds is 5. The fourth-order valence-corrected chi connectivity index (χ4v) is 2.09. The number of hydrogen-bond donors (Lipinski definition) is 2. The molecule has 0 saturated heterocycles. The molecule has 0 saturated carbocycles. The number of hydrogen-bond acceptors (Lipinski definition) is 2. The van der Waals surface area contributed by atoms with E-state index < -0.39 is 17.7 Å². The van der Waals surface area contributed by atoms with Crippen LogP contribution in [0.2, 0.25) is 0 Å². The van der Waals surface area contributed by atoms with Crippen LogP contribution in [0.25, 0.3) is 0 Å². The van der Waals surface area contributed by atoms with Gasteiger partial charge in [0.05, 0.1) is 11.7 Å². The third kappa shape index (κ3) is 3.83.